The highest BCUT2D eigenvalue weighted by Crippen LogP contribution is 2.30. The number of nitrogens with one attached hydrogen (secondary N) is 1. The van der Waals surface area contributed by atoms with Crippen LogP contribution in [0.1, 0.15) is 53.2 Å². The summed E-state index contributed by atoms with van der Waals surface area (Å²) < 4.78 is 5.66. The molecule has 6 heteroatoms. The molecule has 0 bridgehead atoms. The van der Waals surface area contributed by atoms with Crippen molar-refractivity contribution in [3.63, 3.8) is 0 Å². The fraction of sp³-hybridized carbons (Fsp3) is 0.292. The average molecular weight is 423 g/mol. The largest absolute Gasteiger partial charge is 0.484 e. The number of ether oxygens (including phenoxy) is 1. The van der Waals surface area contributed by atoms with Crippen molar-refractivity contribution in [2.24, 2.45) is 0 Å². The van der Waals surface area contributed by atoms with Crippen molar-refractivity contribution in [2.75, 3.05) is 11.9 Å². The molecular formula is C24H26N2O3S. The number of thiazole rings is 1. The number of carbonyl (C=O) groups excluding carboxylic acids is 2. The summed E-state index contributed by atoms with van der Waals surface area (Å²) in [4.78, 5) is 29.2. The third kappa shape index (κ3) is 4.94. The summed E-state index contributed by atoms with van der Waals surface area (Å²) >= 11 is 1.39. The number of para-hydroxylation sites is 1. The number of Topliss-reactive ketones (excluding diaryl/α,β-unsaturated/α-hetero) is 1. The van der Waals surface area contributed by atoms with E-state index in [0.29, 0.717) is 16.5 Å². The molecule has 0 aliphatic carbocycles. The number of nitrogens with zero attached hydrogens (tertiary/aromatic N) is 1. The molecule has 0 saturated carbocycles. The topological polar surface area (TPSA) is 68.3 Å². The maximum absolute atomic E-state index is 12.4. The lowest BCUT2D eigenvalue weighted by Gasteiger charge is -2.16. The molecule has 5 nitrogen and oxygen atoms in total. The Morgan fingerprint density at radius 2 is 1.80 bits per heavy atom. The molecule has 156 valence electrons. The standard InChI is InChI=1S/C24H26N2O3S/c1-14(2)20-8-6-7-15(3)22(20)26-21(28)13-29-19-11-9-18(10-12-19)24-25-16(4)23(30-24)17(5)27/h6-12,14H,13H2,1-5H3,(H,26,28). The lowest BCUT2D eigenvalue weighted by molar-refractivity contribution is -0.118. The third-order valence-electron chi connectivity index (χ3n) is 4.78. The lowest BCUT2D eigenvalue weighted by Crippen LogP contribution is -2.21. The van der Waals surface area contributed by atoms with Crippen LogP contribution in [0, 0.1) is 13.8 Å². The van der Waals surface area contributed by atoms with Crippen molar-refractivity contribution < 1.29 is 14.3 Å². The summed E-state index contributed by atoms with van der Waals surface area (Å²) in [5, 5.41) is 3.78. The minimum atomic E-state index is -0.197. The van der Waals surface area contributed by atoms with Gasteiger partial charge < -0.3 is 10.1 Å². The summed E-state index contributed by atoms with van der Waals surface area (Å²) in [7, 11) is 0. The molecule has 2 aromatic carbocycles. The maximum atomic E-state index is 12.4. The van der Waals surface area contributed by atoms with Crippen LogP contribution < -0.4 is 10.1 Å². The van der Waals surface area contributed by atoms with E-state index in [1.165, 1.54) is 11.3 Å². The van der Waals surface area contributed by atoms with E-state index in [4.69, 9.17) is 4.74 Å². The number of benzene rings is 2. The zero-order valence-corrected chi connectivity index (χ0v) is 18.7. The minimum Gasteiger partial charge on any atom is -0.484 e. The van der Waals surface area contributed by atoms with Gasteiger partial charge >= 0.3 is 0 Å². The highest BCUT2D eigenvalue weighted by atomic mass is 32.1. The van der Waals surface area contributed by atoms with Crippen molar-refractivity contribution in [2.45, 2.75) is 40.5 Å². The van der Waals surface area contributed by atoms with Crippen LogP contribution in [0.15, 0.2) is 42.5 Å². The highest BCUT2D eigenvalue weighted by molar-refractivity contribution is 7.17. The van der Waals surface area contributed by atoms with Gasteiger partial charge in [-0.05, 0) is 55.2 Å². The van der Waals surface area contributed by atoms with Gasteiger partial charge in [-0.1, -0.05) is 32.0 Å². The van der Waals surface area contributed by atoms with Gasteiger partial charge in [0.15, 0.2) is 12.4 Å². The Morgan fingerprint density at radius 3 is 2.40 bits per heavy atom. The summed E-state index contributed by atoms with van der Waals surface area (Å²) in [5.74, 6) is 0.739. The van der Waals surface area contributed by atoms with E-state index in [2.05, 4.69) is 24.1 Å². The fourth-order valence-corrected chi connectivity index (χ4v) is 4.17. The Kier molecular flexibility index (Phi) is 6.67. The molecule has 1 N–H and O–H groups in total. The van der Waals surface area contributed by atoms with Crippen LogP contribution in [-0.4, -0.2) is 23.3 Å². The van der Waals surface area contributed by atoms with Gasteiger partial charge in [-0.3, -0.25) is 9.59 Å². The Hall–Kier alpha value is -2.99. The molecule has 3 rings (SSSR count). The number of amides is 1. The Labute approximate surface area is 181 Å². The molecule has 0 fully saturated rings. The van der Waals surface area contributed by atoms with Crippen molar-refractivity contribution in [1.29, 1.82) is 0 Å². The molecule has 3 aromatic rings. The van der Waals surface area contributed by atoms with Gasteiger partial charge in [0.05, 0.1) is 10.6 Å². The van der Waals surface area contributed by atoms with Crippen LogP contribution in [0.25, 0.3) is 10.6 Å². The number of hydrogen-bond acceptors (Lipinski definition) is 5. The lowest BCUT2D eigenvalue weighted by atomic mass is 9.98. The van der Waals surface area contributed by atoms with Crippen LogP contribution in [0.2, 0.25) is 0 Å². The number of aromatic nitrogens is 1. The van der Waals surface area contributed by atoms with Crippen LogP contribution in [0.4, 0.5) is 5.69 Å². The van der Waals surface area contributed by atoms with Crippen LogP contribution in [-0.2, 0) is 4.79 Å². The van der Waals surface area contributed by atoms with Gasteiger partial charge in [-0.2, -0.15) is 0 Å². The van der Waals surface area contributed by atoms with E-state index in [1.807, 2.05) is 44.2 Å². The monoisotopic (exact) mass is 422 g/mol. The van der Waals surface area contributed by atoms with E-state index in [-0.39, 0.29) is 18.3 Å². The Morgan fingerprint density at radius 1 is 1.10 bits per heavy atom. The minimum absolute atomic E-state index is 0.0245. The van der Waals surface area contributed by atoms with Gasteiger partial charge in [0.1, 0.15) is 10.8 Å². The molecule has 0 saturated heterocycles. The second kappa shape index (κ2) is 9.22. The zero-order valence-electron chi connectivity index (χ0n) is 17.9. The average Bonchev–Trinajstić information content (AvgIpc) is 3.10. The molecule has 0 aliphatic heterocycles. The molecule has 1 heterocycles. The van der Waals surface area contributed by atoms with Crippen molar-refractivity contribution in [3.8, 4) is 16.3 Å². The van der Waals surface area contributed by atoms with Crippen LogP contribution >= 0.6 is 11.3 Å². The van der Waals surface area contributed by atoms with Gasteiger partial charge in [0.25, 0.3) is 5.91 Å². The molecule has 1 aromatic heterocycles. The predicted octanol–water partition coefficient (Wildman–Crippen LogP) is 5.77. The summed E-state index contributed by atoms with van der Waals surface area (Å²) in [6, 6.07) is 13.4. The maximum Gasteiger partial charge on any atom is 0.262 e. The molecule has 0 unspecified atom stereocenters. The molecular weight excluding hydrogens is 396 g/mol. The molecule has 30 heavy (non-hydrogen) atoms. The quantitative estimate of drug-likeness (QED) is 0.491. The second-order valence-corrected chi connectivity index (χ2v) is 8.54. The molecule has 0 spiro atoms. The number of aryl methyl sites for hydroxylation is 2. The van der Waals surface area contributed by atoms with Crippen molar-refractivity contribution >= 4 is 28.7 Å². The highest BCUT2D eigenvalue weighted by Gasteiger charge is 2.14. The number of carbonyl (C=O) groups is 2. The molecule has 0 atom stereocenters. The molecule has 0 radical (unpaired) electrons. The second-order valence-electron chi connectivity index (χ2n) is 7.54. The van der Waals surface area contributed by atoms with E-state index < -0.39 is 0 Å². The first-order valence-corrected chi connectivity index (χ1v) is 10.7. The first-order chi connectivity index (χ1) is 14.3. The SMILES string of the molecule is CC(=O)c1sc(-c2ccc(OCC(=O)Nc3c(C)cccc3C(C)C)cc2)nc1C. The number of hydrogen-bond donors (Lipinski definition) is 1. The summed E-state index contributed by atoms with van der Waals surface area (Å²) in [6.45, 7) is 9.51. The molecule has 0 aliphatic rings. The van der Waals surface area contributed by atoms with E-state index in [9.17, 15) is 9.59 Å². The fourth-order valence-electron chi connectivity index (χ4n) is 3.21. The number of rotatable bonds is 7. The summed E-state index contributed by atoms with van der Waals surface area (Å²) in [6.07, 6.45) is 0. The first kappa shape index (κ1) is 21.7. The van der Waals surface area contributed by atoms with Gasteiger partial charge in [-0.25, -0.2) is 4.98 Å². The normalized spacial score (nSPS) is 10.9. The smallest absolute Gasteiger partial charge is 0.262 e. The van der Waals surface area contributed by atoms with Gasteiger partial charge in [-0.15, -0.1) is 11.3 Å². The van der Waals surface area contributed by atoms with Gasteiger partial charge in [0, 0.05) is 18.2 Å². The predicted molar refractivity (Wildman–Crippen MR) is 122 cm³/mol. The van der Waals surface area contributed by atoms with Crippen molar-refractivity contribution in [3.05, 3.63) is 64.2 Å². The first-order valence-electron chi connectivity index (χ1n) is 9.87. The Bertz CT molecular complexity index is 1070. The molecule has 1 amide bonds. The van der Waals surface area contributed by atoms with E-state index >= 15 is 0 Å². The zero-order chi connectivity index (χ0) is 21.8. The number of ketones is 1. The summed E-state index contributed by atoms with van der Waals surface area (Å²) in [5.41, 5.74) is 4.65. The van der Waals surface area contributed by atoms with Crippen molar-refractivity contribution in [1.82, 2.24) is 4.98 Å². The Balaban J connectivity index is 1.64. The van der Waals surface area contributed by atoms with E-state index in [0.717, 1.165) is 33.1 Å². The van der Waals surface area contributed by atoms with Crippen LogP contribution in [0.5, 0.6) is 5.75 Å². The third-order valence-corrected chi connectivity index (χ3v) is 6.09. The van der Waals surface area contributed by atoms with E-state index in [1.54, 1.807) is 19.1 Å². The number of anilines is 1. The van der Waals surface area contributed by atoms with Gasteiger partial charge in [0.2, 0.25) is 0 Å². The van der Waals surface area contributed by atoms with Crippen LogP contribution in [0.3, 0.4) is 0 Å².